The second-order valence-electron chi connectivity index (χ2n) is 5.21. The molecule has 0 aliphatic heterocycles. The number of nitro groups is 1. The first-order valence-electron chi connectivity index (χ1n) is 6.75. The summed E-state index contributed by atoms with van der Waals surface area (Å²) in [6.07, 6.45) is 3.83. The molecule has 0 unspecified atom stereocenters. The molecule has 1 aromatic rings. The van der Waals surface area contributed by atoms with E-state index in [1.807, 2.05) is 0 Å². The molecule has 21 heavy (non-hydrogen) atoms. The zero-order chi connectivity index (χ0) is 15.4. The molecule has 0 aromatic heterocycles. The Morgan fingerprint density at radius 1 is 1.43 bits per heavy atom. The Kier molecular flexibility index (Phi) is 4.81. The number of phenols is 1. The summed E-state index contributed by atoms with van der Waals surface area (Å²) < 4.78 is 0. The Labute approximate surface area is 127 Å². The van der Waals surface area contributed by atoms with Gasteiger partial charge in [0.05, 0.1) is 6.07 Å². The van der Waals surface area contributed by atoms with Crippen LogP contribution in [0.4, 0.5) is 0 Å². The Hall–Kier alpha value is -2.06. The molecule has 1 aliphatic carbocycles. The molecule has 1 aliphatic rings. The monoisotopic (exact) mass is 306 g/mol. The van der Waals surface area contributed by atoms with Crippen molar-refractivity contribution in [3.05, 3.63) is 44.5 Å². The first-order valence-corrected chi connectivity index (χ1v) is 7.12. The maximum Gasteiger partial charge on any atom is 0.213 e. The second kappa shape index (κ2) is 6.59. The lowest BCUT2D eigenvalue weighted by molar-refractivity contribution is -0.526. The number of halogens is 1. The molecule has 0 heterocycles. The van der Waals surface area contributed by atoms with Crippen LogP contribution in [0, 0.1) is 27.4 Å². The standard InChI is InChI=1S/C15H15ClN2O3/c16-13-3-6-15(19)11(8-13)7-12(9-17)10-1-4-14(5-2-10)18(20)21/h3,6-8,10,14,19H,1-2,4-5H2/b12-7-. The van der Waals surface area contributed by atoms with Crippen LogP contribution in [0.15, 0.2) is 23.8 Å². The van der Waals surface area contributed by atoms with E-state index in [1.165, 1.54) is 6.07 Å². The summed E-state index contributed by atoms with van der Waals surface area (Å²) in [6, 6.07) is 6.29. The first kappa shape index (κ1) is 15.3. The van der Waals surface area contributed by atoms with Crippen LogP contribution in [0.5, 0.6) is 5.75 Å². The fraction of sp³-hybridized carbons (Fsp3) is 0.400. The molecule has 1 N–H and O–H groups in total. The number of aromatic hydroxyl groups is 1. The number of nitrogens with zero attached hydrogens (tertiary/aromatic N) is 2. The SMILES string of the molecule is N#C/C(=C/c1cc(Cl)ccc1O)C1CCC([N+](=O)[O-])CC1. The minimum Gasteiger partial charge on any atom is -0.507 e. The molecule has 6 heteroatoms. The molecule has 2 rings (SSSR count). The Morgan fingerprint density at radius 3 is 2.67 bits per heavy atom. The largest absolute Gasteiger partial charge is 0.507 e. The number of benzene rings is 1. The molecule has 1 fully saturated rings. The van der Waals surface area contributed by atoms with Crippen molar-refractivity contribution < 1.29 is 10.0 Å². The van der Waals surface area contributed by atoms with Crippen LogP contribution in [0.25, 0.3) is 6.08 Å². The third-order valence-corrected chi connectivity index (χ3v) is 4.10. The van der Waals surface area contributed by atoms with Gasteiger partial charge in [-0.1, -0.05) is 11.6 Å². The van der Waals surface area contributed by atoms with Crippen LogP contribution in [0.2, 0.25) is 5.02 Å². The predicted octanol–water partition coefficient (Wildman–Crippen LogP) is 3.79. The average molecular weight is 307 g/mol. The topological polar surface area (TPSA) is 87.2 Å². The van der Waals surface area contributed by atoms with Crippen LogP contribution in [-0.4, -0.2) is 16.1 Å². The lowest BCUT2D eigenvalue weighted by Gasteiger charge is -2.23. The van der Waals surface area contributed by atoms with Crippen LogP contribution in [0.3, 0.4) is 0 Å². The highest BCUT2D eigenvalue weighted by Gasteiger charge is 2.30. The van der Waals surface area contributed by atoms with E-state index in [0.717, 1.165) is 0 Å². The minimum atomic E-state index is -0.499. The van der Waals surface area contributed by atoms with Gasteiger partial charge >= 0.3 is 0 Å². The van der Waals surface area contributed by atoms with Gasteiger partial charge in [-0.05, 0) is 43.0 Å². The molecule has 5 nitrogen and oxygen atoms in total. The average Bonchev–Trinajstić information content (AvgIpc) is 2.48. The number of hydrogen-bond acceptors (Lipinski definition) is 4. The normalized spacial score (nSPS) is 22.6. The van der Waals surface area contributed by atoms with Crippen molar-refractivity contribution in [2.45, 2.75) is 31.7 Å². The quantitative estimate of drug-likeness (QED) is 0.523. The van der Waals surface area contributed by atoms with Crippen molar-refractivity contribution in [3.63, 3.8) is 0 Å². The van der Waals surface area contributed by atoms with Crippen molar-refractivity contribution in [1.82, 2.24) is 0 Å². The third kappa shape index (κ3) is 3.73. The van der Waals surface area contributed by atoms with Gasteiger partial charge in [0.25, 0.3) is 0 Å². The highest BCUT2D eigenvalue weighted by molar-refractivity contribution is 6.30. The molecule has 0 atom stereocenters. The van der Waals surface area contributed by atoms with Crippen molar-refractivity contribution in [2.24, 2.45) is 5.92 Å². The first-order chi connectivity index (χ1) is 10.0. The molecule has 0 radical (unpaired) electrons. The summed E-state index contributed by atoms with van der Waals surface area (Å²) in [5, 5.41) is 30.3. The number of rotatable bonds is 3. The Balaban J connectivity index is 2.17. The molecule has 0 bridgehead atoms. The molecule has 0 amide bonds. The second-order valence-corrected chi connectivity index (χ2v) is 5.64. The summed E-state index contributed by atoms with van der Waals surface area (Å²) in [4.78, 5) is 10.5. The van der Waals surface area contributed by atoms with Crippen LogP contribution in [0.1, 0.15) is 31.2 Å². The van der Waals surface area contributed by atoms with Crippen LogP contribution < -0.4 is 0 Å². The zero-order valence-electron chi connectivity index (χ0n) is 11.3. The third-order valence-electron chi connectivity index (χ3n) is 3.86. The molecule has 0 spiro atoms. The maximum atomic E-state index is 10.8. The van der Waals surface area contributed by atoms with Gasteiger partial charge in [0.1, 0.15) is 5.75 Å². The van der Waals surface area contributed by atoms with E-state index in [9.17, 15) is 20.5 Å². The van der Waals surface area contributed by atoms with Gasteiger partial charge < -0.3 is 5.11 Å². The van der Waals surface area contributed by atoms with Gasteiger partial charge in [-0.15, -0.1) is 0 Å². The highest BCUT2D eigenvalue weighted by Crippen LogP contribution is 2.33. The smallest absolute Gasteiger partial charge is 0.213 e. The van der Waals surface area contributed by atoms with E-state index in [0.29, 0.717) is 41.8 Å². The highest BCUT2D eigenvalue weighted by atomic mass is 35.5. The van der Waals surface area contributed by atoms with Gasteiger partial charge in [0.2, 0.25) is 6.04 Å². The lowest BCUT2D eigenvalue weighted by atomic mass is 9.81. The van der Waals surface area contributed by atoms with Crippen LogP contribution >= 0.6 is 11.6 Å². The predicted molar refractivity (Wildman–Crippen MR) is 79.4 cm³/mol. The summed E-state index contributed by atoms with van der Waals surface area (Å²) in [6.45, 7) is 0. The molecule has 1 aromatic carbocycles. The van der Waals surface area contributed by atoms with Gasteiger partial charge in [-0.3, -0.25) is 10.1 Å². The number of allylic oxidation sites excluding steroid dienone is 1. The van der Waals surface area contributed by atoms with Gasteiger partial charge in [-0.2, -0.15) is 5.26 Å². The fourth-order valence-corrected chi connectivity index (χ4v) is 2.83. The van der Waals surface area contributed by atoms with E-state index >= 15 is 0 Å². The molecular formula is C15H15ClN2O3. The van der Waals surface area contributed by atoms with E-state index in [4.69, 9.17) is 11.6 Å². The molecule has 0 saturated heterocycles. The summed E-state index contributed by atoms with van der Waals surface area (Å²) in [7, 11) is 0. The van der Waals surface area contributed by atoms with Gasteiger partial charge in [-0.25, -0.2) is 0 Å². The van der Waals surface area contributed by atoms with Crippen LogP contribution in [-0.2, 0) is 0 Å². The van der Waals surface area contributed by atoms with Gasteiger partial charge in [0.15, 0.2) is 0 Å². The van der Waals surface area contributed by atoms with Crippen molar-refractivity contribution in [3.8, 4) is 11.8 Å². The number of phenolic OH excluding ortho intramolecular Hbond substituents is 1. The van der Waals surface area contributed by atoms with Crippen molar-refractivity contribution >= 4 is 17.7 Å². The van der Waals surface area contributed by atoms with Crippen molar-refractivity contribution in [1.29, 1.82) is 5.26 Å². The van der Waals surface area contributed by atoms with E-state index < -0.39 is 6.04 Å². The summed E-state index contributed by atoms with van der Waals surface area (Å²) in [5.74, 6) is 0.0655. The van der Waals surface area contributed by atoms with E-state index in [1.54, 1.807) is 18.2 Å². The number of nitriles is 1. The fourth-order valence-electron chi connectivity index (χ4n) is 2.65. The zero-order valence-corrected chi connectivity index (χ0v) is 12.1. The molecular weight excluding hydrogens is 292 g/mol. The molecule has 1 saturated carbocycles. The summed E-state index contributed by atoms with van der Waals surface area (Å²) >= 11 is 5.88. The maximum absolute atomic E-state index is 10.8. The van der Waals surface area contributed by atoms with E-state index in [2.05, 4.69) is 6.07 Å². The van der Waals surface area contributed by atoms with Crippen molar-refractivity contribution in [2.75, 3.05) is 0 Å². The Morgan fingerprint density at radius 2 is 2.10 bits per heavy atom. The lowest BCUT2D eigenvalue weighted by Crippen LogP contribution is -2.26. The minimum absolute atomic E-state index is 0.00424. The van der Waals surface area contributed by atoms with Gasteiger partial charge in [0, 0.05) is 33.9 Å². The van der Waals surface area contributed by atoms with E-state index in [-0.39, 0.29) is 16.6 Å². The number of hydrogen-bond donors (Lipinski definition) is 1. The Bertz CT molecular complexity index is 614. The molecule has 110 valence electrons. The summed E-state index contributed by atoms with van der Waals surface area (Å²) in [5.41, 5.74) is 1.03.